The minimum Gasteiger partial charge on any atom is -0.329 e. The van der Waals surface area contributed by atoms with Gasteiger partial charge in [0.2, 0.25) is 5.13 Å². The molecule has 0 amide bonds. The van der Waals surface area contributed by atoms with Gasteiger partial charge in [0.25, 0.3) is 0 Å². The molecule has 6 heteroatoms. The lowest BCUT2D eigenvalue weighted by Crippen LogP contribution is -1.99. The Morgan fingerprint density at radius 3 is 3.19 bits per heavy atom. The predicted octanol–water partition coefficient (Wildman–Crippen LogP) is 2.72. The summed E-state index contributed by atoms with van der Waals surface area (Å²) in [6, 6.07) is 6.46. The van der Waals surface area contributed by atoms with Gasteiger partial charge >= 0.3 is 0 Å². The molecule has 1 aromatic heterocycles. The summed E-state index contributed by atoms with van der Waals surface area (Å²) in [5, 5.41) is 11.4. The molecule has 0 spiro atoms. The molecule has 2 aromatic rings. The highest BCUT2D eigenvalue weighted by Crippen LogP contribution is 2.32. The predicted molar refractivity (Wildman–Crippen MR) is 66.5 cm³/mol. The first-order valence-corrected chi connectivity index (χ1v) is 6.85. The summed E-state index contributed by atoms with van der Waals surface area (Å²) >= 11 is 3.21. The van der Waals surface area contributed by atoms with Gasteiger partial charge in [-0.25, -0.2) is 0 Å². The summed E-state index contributed by atoms with van der Waals surface area (Å²) in [7, 11) is 0. The fraction of sp³-hybridized carbons (Fsp3) is 0.300. The fourth-order valence-corrected chi connectivity index (χ4v) is 3.15. The number of nitrogens with one attached hydrogen (secondary N) is 1. The van der Waals surface area contributed by atoms with Crippen molar-refractivity contribution in [3.05, 3.63) is 23.8 Å². The number of benzene rings is 1. The van der Waals surface area contributed by atoms with Gasteiger partial charge in [-0.05, 0) is 47.6 Å². The van der Waals surface area contributed by atoms with Crippen molar-refractivity contribution in [2.45, 2.75) is 17.7 Å². The Balaban J connectivity index is 1.86. The molecule has 0 unspecified atom stereocenters. The molecule has 0 aliphatic carbocycles. The van der Waals surface area contributed by atoms with Crippen LogP contribution in [0.15, 0.2) is 23.1 Å². The number of aryl methyl sites for hydroxylation is 1. The topological polar surface area (TPSA) is 50.7 Å². The summed E-state index contributed by atoms with van der Waals surface area (Å²) in [4.78, 5) is 1.41. The molecular formula is C10H10N4S2. The van der Waals surface area contributed by atoms with Gasteiger partial charge < -0.3 is 5.32 Å². The molecule has 16 heavy (non-hydrogen) atoms. The van der Waals surface area contributed by atoms with Crippen molar-refractivity contribution in [2.24, 2.45) is 0 Å². The smallest absolute Gasteiger partial charge is 0.229 e. The Bertz CT molecular complexity index is 484. The molecule has 0 atom stereocenters. The van der Waals surface area contributed by atoms with Gasteiger partial charge in [-0.1, -0.05) is 9.59 Å². The van der Waals surface area contributed by atoms with E-state index in [-0.39, 0.29) is 0 Å². The van der Waals surface area contributed by atoms with Crippen LogP contribution in [0, 0.1) is 0 Å². The molecule has 0 radical (unpaired) electrons. The second-order valence-corrected chi connectivity index (χ2v) is 5.44. The molecular weight excluding hydrogens is 240 g/mol. The Hall–Kier alpha value is -1.14. The summed E-state index contributed by atoms with van der Waals surface area (Å²) in [6.45, 7) is 0. The lowest BCUT2D eigenvalue weighted by Gasteiger charge is -2.15. The molecule has 1 aliphatic rings. The molecule has 1 aromatic carbocycles. The summed E-state index contributed by atoms with van der Waals surface area (Å²) < 4.78 is 3.72. The van der Waals surface area contributed by atoms with Crippen LogP contribution in [0.5, 0.6) is 0 Å². The normalized spacial score (nSPS) is 14.5. The minimum absolute atomic E-state index is 0.739. The Kier molecular flexibility index (Phi) is 2.75. The zero-order valence-electron chi connectivity index (χ0n) is 8.51. The minimum atomic E-state index is 0.739. The highest BCUT2D eigenvalue weighted by atomic mass is 32.2. The maximum Gasteiger partial charge on any atom is 0.229 e. The van der Waals surface area contributed by atoms with E-state index in [2.05, 4.69) is 38.3 Å². The number of anilines is 2. The third-order valence-electron chi connectivity index (χ3n) is 2.46. The molecule has 0 bridgehead atoms. The Morgan fingerprint density at radius 1 is 1.31 bits per heavy atom. The largest absolute Gasteiger partial charge is 0.329 e. The highest BCUT2D eigenvalue weighted by Gasteiger charge is 2.10. The van der Waals surface area contributed by atoms with Crippen LogP contribution < -0.4 is 5.32 Å². The van der Waals surface area contributed by atoms with Gasteiger partial charge in [0.15, 0.2) is 0 Å². The van der Waals surface area contributed by atoms with Gasteiger partial charge in [0.1, 0.15) is 0 Å². The molecule has 0 saturated heterocycles. The molecule has 0 saturated carbocycles. The first-order valence-electron chi connectivity index (χ1n) is 5.09. The van der Waals surface area contributed by atoms with Gasteiger partial charge in [-0.15, -0.1) is 11.8 Å². The number of aromatic nitrogens is 3. The van der Waals surface area contributed by atoms with Crippen LogP contribution in [0.2, 0.25) is 0 Å². The number of thioether (sulfide) groups is 1. The van der Waals surface area contributed by atoms with E-state index >= 15 is 0 Å². The van der Waals surface area contributed by atoms with E-state index in [1.807, 2.05) is 11.8 Å². The van der Waals surface area contributed by atoms with Crippen molar-refractivity contribution in [3.8, 4) is 0 Å². The number of nitrogens with zero attached hydrogens (tertiary/aromatic N) is 3. The van der Waals surface area contributed by atoms with Crippen molar-refractivity contribution in [3.63, 3.8) is 0 Å². The first-order chi connectivity index (χ1) is 7.92. The van der Waals surface area contributed by atoms with Gasteiger partial charge in [-0.3, -0.25) is 0 Å². The zero-order valence-corrected chi connectivity index (χ0v) is 10.1. The number of rotatable bonds is 2. The quantitative estimate of drug-likeness (QED) is 0.888. The van der Waals surface area contributed by atoms with Crippen LogP contribution in [-0.4, -0.2) is 20.6 Å². The summed E-state index contributed by atoms with van der Waals surface area (Å²) in [5.41, 5.74) is 2.50. The molecule has 1 aliphatic heterocycles. The second-order valence-electron chi connectivity index (χ2n) is 3.57. The number of hydrogen-bond acceptors (Lipinski definition) is 6. The molecule has 1 N–H and O–H groups in total. The maximum absolute atomic E-state index is 3.86. The summed E-state index contributed by atoms with van der Waals surface area (Å²) in [5.74, 6) is 1.24. The molecule has 4 nitrogen and oxygen atoms in total. The van der Waals surface area contributed by atoms with Gasteiger partial charge in [0.05, 0.1) is 0 Å². The molecule has 0 fully saturated rings. The SMILES string of the molecule is c1cc2c(cc1Nc1nnns1)CCCS2. The summed E-state index contributed by atoms with van der Waals surface area (Å²) in [6.07, 6.45) is 2.44. The van der Waals surface area contributed by atoms with Crippen LogP contribution in [0.4, 0.5) is 10.8 Å². The van der Waals surface area contributed by atoms with Crippen molar-refractivity contribution in [1.82, 2.24) is 14.8 Å². The van der Waals surface area contributed by atoms with E-state index in [0.717, 1.165) is 10.8 Å². The first kappa shape index (κ1) is 10.0. The lowest BCUT2D eigenvalue weighted by molar-refractivity contribution is 0.890. The maximum atomic E-state index is 3.86. The average Bonchev–Trinajstić information content (AvgIpc) is 2.82. The number of hydrogen-bond donors (Lipinski definition) is 1. The Labute approximate surface area is 102 Å². The lowest BCUT2D eigenvalue weighted by atomic mass is 10.1. The highest BCUT2D eigenvalue weighted by molar-refractivity contribution is 7.99. The van der Waals surface area contributed by atoms with Crippen LogP contribution in [-0.2, 0) is 6.42 Å². The van der Waals surface area contributed by atoms with E-state index in [0.29, 0.717) is 0 Å². The van der Waals surface area contributed by atoms with Gasteiger partial charge in [0, 0.05) is 22.1 Å². The van der Waals surface area contributed by atoms with Crippen LogP contribution in [0.3, 0.4) is 0 Å². The van der Waals surface area contributed by atoms with E-state index < -0.39 is 0 Å². The third-order valence-corrected chi connectivity index (χ3v) is 4.17. The van der Waals surface area contributed by atoms with Crippen molar-refractivity contribution < 1.29 is 0 Å². The average molecular weight is 250 g/mol. The number of fused-ring (bicyclic) bond motifs is 1. The molecule has 82 valence electrons. The van der Waals surface area contributed by atoms with Crippen LogP contribution in [0.25, 0.3) is 0 Å². The van der Waals surface area contributed by atoms with E-state index in [9.17, 15) is 0 Å². The van der Waals surface area contributed by atoms with E-state index in [4.69, 9.17) is 0 Å². The third kappa shape index (κ3) is 2.03. The van der Waals surface area contributed by atoms with E-state index in [1.54, 1.807) is 0 Å². The molecule has 3 rings (SSSR count). The monoisotopic (exact) mass is 250 g/mol. The second kappa shape index (κ2) is 4.39. The fourth-order valence-electron chi connectivity index (χ4n) is 1.74. The standard InChI is InChI=1S/C10H10N4S2/c1-2-7-6-8(3-4-9(7)15-5-1)11-10-12-13-14-16-10/h3-4,6H,1-2,5H2,(H,11,12,14). The van der Waals surface area contributed by atoms with Crippen molar-refractivity contribution in [1.29, 1.82) is 0 Å². The van der Waals surface area contributed by atoms with Crippen LogP contribution >= 0.6 is 23.3 Å². The van der Waals surface area contributed by atoms with Gasteiger partial charge in [-0.2, -0.15) is 0 Å². The van der Waals surface area contributed by atoms with Crippen molar-refractivity contribution >= 4 is 34.1 Å². The molecule has 2 heterocycles. The van der Waals surface area contributed by atoms with Crippen LogP contribution in [0.1, 0.15) is 12.0 Å². The zero-order chi connectivity index (χ0) is 10.8. The van der Waals surface area contributed by atoms with Crippen molar-refractivity contribution in [2.75, 3.05) is 11.1 Å². The Morgan fingerprint density at radius 2 is 2.31 bits per heavy atom. The van der Waals surface area contributed by atoms with E-state index in [1.165, 1.54) is 40.6 Å².